The molecule has 0 saturated carbocycles. The monoisotopic (exact) mass is 410 g/mol. The number of hydrogen-bond acceptors (Lipinski definition) is 6. The van der Waals surface area contributed by atoms with Gasteiger partial charge in [-0.15, -0.1) is 62.2 Å². The third-order valence-corrected chi connectivity index (χ3v) is 4.81. The van der Waals surface area contributed by atoms with Gasteiger partial charge in [0.1, 0.15) is 42.2 Å². The van der Waals surface area contributed by atoms with Crippen LogP contribution in [-0.2, 0) is 9.47 Å². The van der Waals surface area contributed by atoms with Gasteiger partial charge in [0, 0.05) is 25.7 Å². The minimum Gasteiger partial charge on any atom is -0.394 e. The first-order chi connectivity index (χ1) is 14.3. The van der Waals surface area contributed by atoms with Gasteiger partial charge in [-0.2, -0.15) is 0 Å². The first kappa shape index (κ1) is 27.1. The molecule has 0 aromatic heterocycles. The summed E-state index contributed by atoms with van der Waals surface area (Å²) in [5.41, 5.74) is -6.37. The third-order valence-electron chi connectivity index (χ3n) is 4.81. The van der Waals surface area contributed by atoms with Gasteiger partial charge < -0.3 is 29.9 Å². The van der Waals surface area contributed by atoms with Crippen molar-refractivity contribution in [3.8, 4) is 74.1 Å². The molecule has 0 aliphatic heterocycles. The Hall–Kier alpha value is -2.88. The molecule has 0 aromatic rings. The summed E-state index contributed by atoms with van der Waals surface area (Å²) in [5, 5.41) is 42.0. The largest absolute Gasteiger partial charge is 0.394 e. The Balaban J connectivity index is 7.34. The van der Waals surface area contributed by atoms with Gasteiger partial charge in [-0.1, -0.05) is 11.8 Å². The number of rotatable bonds is 13. The van der Waals surface area contributed by atoms with Crippen LogP contribution in [0.4, 0.5) is 0 Å². The molecule has 0 heterocycles. The summed E-state index contributed by atoms with van der Waals surface area (Å²) < 4.78 is 11.7. The maximum atomic E-state index is 11.7. The molecule has 0 saturated heterocycles. The standard InChI is InChI=1S/C24H26O6/c1-7-13-22(14-8-2,29-17-11-5)24(16-10-4,30-18-12-6)23(28,15-9-3)21(27)20(26)19-25/h1-6,20-21,25-28H,13-19H2/t20-,21-,23+,24+/m1/s1. The fourth-order valence-electron chi connectivity index (χ4n) is 3.46. The van der Waals surface area contributed by atoms with Crippen molar-refractivity contribution >= 4 is 0 Å². The number of aliphatic hydroxyl groups excluding tert-OH is 3. The van der Waals surface area contributed by atoms with Crippen LogP contribution in [0.2, 0.25) is 0 Å². The molecule has 6 nitrogen and oxygen atoms in total. The van der Waals surface area contributed by atoms with Crippen molar-refractivity contribution in [2.24, 2.45) is 0 Å². The van der Waals surface area contributed by atoms with Crippen molar-refractivity contribution in [3.63, 3.8) is 0 Å². The van der Waals surface area contributed by atoms with Gasteiger partial charge in [0.2, 0.25) is 0 Å². The Bertz CT molecular complexity index is 790. The zero-order chi connectivity index (χ0) is 23.3. The molecule has 30 heavy (non-hydrogen) atoms. The van der Waals surface area contributed by atoms with Crippen LogP contribution in [0.3, 0.4) is 0 Å². The zero-order valence-electron chi connectivity index (χ0n) is 16.7. The minimum atomic E-state index is -2.50. The smallest absolute Gasteiger partial charge is 0.143 e. The second-order valence-corrected chi connectivity index (χ2v) is 6.45. The number of aliphatic hydroxyl groups is 4. The van der Waals surface area contributed by atoms with Gasteiger partial charge in [0.25, 0.3) is 0 Å². The Labute approximate surface area is 179 Å². The SMILES string of the molecule is C#CCOC(CC#C)(CC#C)[C@](CC#C)(OCC#C)[C@](O)(CC#C)[C@H](O)[C@H](O)CO. The number of terminal acetylenes is 6. The maximum Gasteiger partial charge on any atom is 0.143 e. The van der Waals surface area contributed by atoms with E-state index in [0.717, 1.165) is 0 Å². The lowest BCUT2D eigenvalue weighted by molar-refractivity contribution is -0.302. The normalized spacial score (nSPS) is 16.6. The van der Waals surface area contributed by atoms with E-state index in [2.05, 4.69) is 35.5 Å². The molecule has 0 spiro atoms. The van der Waals surface area contributed by atoms with Crippen molar-refractivity contribution in [1.82, 2.24) is 0 Å². The van der Waals surface area contributed by atoms with Gasteiger partial charge in [-0.3, -0.25) is 0 Å². The quantitative estimate of drug-likeness (QED) is 0.300. The van der Waals surface area contributed by atoms with E-state index in [1.54, 1.807) is 0 Å². The summed E-state index contributed by atoms with van der Waals surface area (Å²) in [5.74, 6) is 13.9. The fourth-order valence-corrected chi connectivity index (χ4v) is 3.46. The summed E-state index contributed by atoms with van der Waals surface area (Å²) in [7, 11) is 0. The van der Waals surface area contributed by atoms with Crippen LogP contribution >= 0.6 is 0 Å². The highest BCUT2D eigenvalue weighted by Gasteiger charge is 2.67. The predicted molar refractivity (Wildman–Crippen MR) is 113 cm³/mol. The second-order valence-electron chi connectivity index (χ2n) is 6.45. The van der Waals surface area contributed by atoms with E-state index in [0.29, 0.717) is 0 Å². The van der Waals surface area contributed by atoms with Crippen LogP contribution in [0.25, 0.3) is 0 Å². The Kier molecular flexibility index (Phi) is 11.4. The van der Waals surface area contributed by atoms with Crippen LogP contribution in [0.5, 0.6) is 0 Å². The van der Waals surface area contributed by atoms with Crippen molar-refractivity contribution in [2.45, 2.75) is 54.7 Å². The molecular formula is C24H26O6. The topological polar surface area (TPSA) is 99.4 Å². The molecule has 4 atom stereocenters. The number of hydrogen-bond donors (Lipinski definition) is 4. The van der Waals surface area contributed by atoms with Crippen LogP contribution in [0.15, 0.2) is 0 Å². The second kappa shape index (κ2) is 12.6. The van der Waals surface area contributed by atoms with Crippen molar-refractivity contribution in [2.75, 3.05) is 19.8 Å². The highest BCUT2D eigenvalue weighted by molar-refractivity contribution is 5.27. The average Bonchev–Trinajstić information content (AvgIpc) is 2.74. The molecule has 0 bridgehead atoms. The van der Waals surface area contributed by atoms with E-state index < -0.39 is 55.1 Å². The van der Waals surface area contributed by atoms with E-state index in [-0.39, 0.29) is 19.4 Å². The van der Waals surface area contributed by atoms with Gasteiger partial charge in [-0.05, 0) is 0 Å². The van der Waals surface area contributed by atoms with Crippen LogP contribution in [0, 0.1) is 74.1 Å². The molecule has 0 aliphatic rings. The van der Waals surface area contributed by atoms with E-state index in [9.17, 15) is 20.4 Å². The molecule has 0 unspecified atom stereocenters. The highest BCUT2D eigenvalue weighted by atomic mass is 16.6. The molecular weight excluding hydrogens is 384 g/mol. The first-order valence-electron chi connectivity index (χ1n) is 8.84. The van der Waals surface area contributed by atoms with Crippen molar-refractivity contribution < 1.29 is 29.9 Å². The molecule has 0 radical (unpaired) electrons. The van der Waals surface area contributed by atoms with E-state index >= 15 is 0 Å². The molecule has 0 aromatic carbocycles. The summed E-state index contributed by atoms with van der Waals surface area (Å²) in [6.45, 7) is -1.62. The van der Waals surface area contributed by atoms with E-state index in [1.807, 2.05) is 0 Å². The summed E-state index contributed by atoms with van der Waals surface area (Å²) >= 11 is 0. The summed E-state index contributed by atoms with van der Waals surface area (Å²) in [6, 6.07) is 0. The van der Waals surface area contributed by atoms with Gasteiger partial charge in [0.05, 0.1) is 6.61 Å². The number of ether oxygens (including phenoxy) is 2. The Morgan fingerprint density at radius 3 is 1.57 bits per heavy atom. The van der Waals surface area contributed by atoms with Crippen LogP contribution in [-0.4, -0.2) is 69.3 Å². The summed E-state index contributed by atoms with van der Waals surface area (Å²) in [4.78, 5) is 0. The molecule has 0 rings (SSSR count). The van der Waals surface area contributed by atoms with Crippen molar-refractivity contribution in [3.05, 3.63) is 0 Å². The van der Waals surface area contributed by atoms with E-state index in [1.165, 1.54) is 0 Å². The van der Waals surface area contributed by atoms with Gasteiger partial charge in [0.15, 0.2) is 0 Å². The van der Waals surface area contributed by atoms with Crippen molar-refractivity contribution in [1.29, 1.82) is 0 Å². The van der Waals surface area contributed by atoms with Gasteiger partial charge in [-0.25, -0.2) is 0 Å². The molecule has 4 N–H and O–H groups in total. The molecule has 0 aliphatic carbocycles. The minimum absolute atomic E-state index is 0.264. The lowest BCUT2D eigenvalue weighted by Gasteiger charge is -2.56. The molecule has 0 amide bonds. The maximum absolute atomic E-state index is 11.7. The Morgan fingerprint density at radius 1 is 0.700 bits per heavy atom. The van der Waals surface area contributed by atoms with E-state index in [4.69, 9.17) is 48.0 Å². The fraction of sp³-hybridized carbons (Fsp3) is 0.500. The first-order valence-corrected chi connectivity index (χ1v) is 8.84. The summed E-state index contributed by atoms with van der Waals surface area (Å²) in [6.07, 6.45) is 27.4. The lowest BCUT2D eigenvalue weighted by atomic mass is 9.62. The lowest BCUT2D eigenvalue weighted by Crippen LogP contribution is -2.75. The average molecular weight is 410 g/mol. The molecule has 6 heteroatoms. The highest BCUT2D eigenvalue weighted by Crippen LogP contribution is 2.49. The Morgan fingerprint density at radius 2 is 1.17 bits per heavy atom. The molecule has 0 fully saturated rings. The third kappa shape index (κ3) is 5.18. The van der Waals surface area contributed by atoms with Crippen LogP contribution < -0.4 is 0 Å². The van der Waals surface area contributed by atoms with Crippen LogP contribution in [0.1, 0.15) is 25.7 Å². The molecule has 158 valence electrons. The zero-order valence-corrected chi connectivity index (χ0v) is 16.7. The van der Waals surface area contributed by atoms with Gasteiger partial charge >= 0.3 is 0 Å². The predicted octanol–water partition coefficient (Wildman–Crippen LogP) is -0.698.